The molecule has 2 aromatic rings. The highest BCUT2D eigenvalue weighted by Crippen LogP contribution is 2.14. The van der Waals surface area contributed by atoms with E-state index in [-0.39, 0.29) is 11.3 Å². The molecule has 2 N–H and O–H groups in total. The van der Waals surface area contributed by atoms with Crippen molar-refractivity contribution >= 4 is 29.3 Å². The molecular formula is C16H12N2O5. The number of nitrogens with one attached hydrogen (secondary N) is 1. The third-order valence-electron chi connectivity index (χ3n) is 2.91. The number of carboxylic acid groups (broad SMARTS) is 1. The second kappa shape index (κ2) is 6.99. The van der Waals surface area contributed by atoms with Crippen molar-refractivity contribution in [2.24, 2.45) is 0 Å². The van der Waals surface area contributed by atoms with Crippen LogP contribution in [0.4, 0.5) is 11.4 Å². The number of amides is 1. The minimum absolute atomic E-state index is 0.0585. The van der Waals surface area contributed by atoms with Crippen LogP contribution in [0.1, 0.15) is 15.9 Å². The van der Waals surface area contributed by atoms with Gasteiger partial charge in [-0.2, -0.15) is 0 Å². The molecule has 2 rings (SSSR count). The zero-order chi connectivity index (χ0) is 16.8. The zero-order valence-electron chi connectivity index (χ0n) is 11.8. The molecule has 7 nitrogen and oxygen atoms in total. The molecule has 0 spiro atoms. The number of carbonyl (C=O) groups excluding carboxylic acids is 1. The van der Waals surface area contributed by atoms with Crippen LogP contribution in [0.3, 0.4) is 0 Å². The third-order valence-corrected chi connectivity index (χ3v) is 2.91. The molecule has 2 aromatic carbocycles. The first-order chi connectivity index (χ1) is 11.0. The molecule has 1 amide bonds. The summed E-state index contributed by atoms with van der Waals surface area (Å²) in [7, 11) is 0. The SMILES string of the molecule is O=C(/C=C/c1cccc([N+](=O)[O-])c1)Nc1ccc(C(=O)O)cc1. The molecule has 0 aromatic heterocycles. The topological polar surface area (TPSA) is 110 Å². The number of carboxylic acids is 1. The Morgan fingerprint density at radius 1 is 1.13 bits per heavy atom. The van der Waals surface area contributed by atoms with Crippen LogP contribution in [-0.2, 0) is 4.79 Å². The summed E-state index contributed by atoms with van der Waals surface area (Å²) < 4.78 is 0. The lowest BCUT2D eigenvalue weighted by molar-refractivity contribution is -0.384. The number of rotatable bonds is 5. The summed E-state index contributed by atoms with van der Waals surface area (Å²) >= 11 is 0. The molecule has 0 radical (unpaired) electrons. The molecule has 0 aliphatic heterocycles. The van der Waals surface area contributed by atoms with E-state index in [2.05, 4.69) is 5.32 Å². The fourth-order valence-electron chi connectivity index (χ4n) is 1.79. The van der Waals surface area contributed by atoms with Crippen molar-refractivity contribution in [2.75, 3.05) is 5.32 Å². The van der Waals surface area contributed by atoms with Gasteiger partial charge in [0, 0.05) is 23.9 Å². The zero-order valence-corrected chi connectivity index (χ0v) is 11.8. The first kappa shape index (κ1) is 15.9. The lowest BCUT2D eigenvalue weighted by Crippen LogP contribution is -2.08. The smallest absolute Gasteiger partial charge is 0.335 e. The van der Waals surface area contributed by atoms with Crippen LogP contribution >= 0.6 is 0 Å². The van der Waals surface area contributed by atoms with Crippen molar-refractivity contribution in [3.05, 3.63) is 75.8 Å². The van der Waals surface area contributed by atoms with E-state index in [4.69, 9.17) is 5.11 Å². The number of carbonyl (C=O) groups is 2. The minimum atomic E-state index is -1.05. The van der Waals surface area contributed by atoms with Gasteiger partial charge < -0.3 is 10.4 Å². The average Bonchev–Trinajstić information content (AvgIpc) is 2.53. The van der Waals surface area contributed by atoms with Crippen LogP contribution in [0.25, 0.3) is 6.08 Å². The number of nitro groups is 1. The summed E-state index contributed by atoms with van der Waals surface area (Å²) in [6.07, 6.45) is 2.69. The van der Waals surface area contributed by atoms with E-state index >= 15 is 0 Å². The van der Waals surface area contributed by atoms with Crippen LogP contribution < -0.4 is 5.32 Å². The van der Waals surface area contributed by atoms with Gasteiger partial charge in [-0.1, -0.05) is 12.1 Å². The molecular weight excluding hydrogens is 300 g/mol. The Kier molecular flexibility index (Phi) is 4.83. The van der Waals surface area contributed by atoms with Crippen molar-refractivity contribution < 1.29 is 19.6 Å². The van der Waals surface area contributed by atoms with E-state index < -0.39 is 16.8 Å². The first-order valence-electron chi connectivity index (χ1n) is 6.52. The van der Waals surface area contributed by atoms with E-state index in [1.54, 1.807) is 6.07 Å². The number of nitrogens with zero attached hydrogens (tertiary/aromatic N) is 1. The number of benzene rings is 2. The molecule has 0 atom stereocenters. The van der Waals surface area contributed by atoms with Crippen molar-refractivity contribution in [1.82, 2.24) is 0 Å². The molecule has 116 valence electrons. The number of hydrogen-bond acceptors (Lipinski definition) is 4. The Morgan fingerprint density at radius 2 is 1.83 bits per heavy atom. The van der Waals surface area contributed by atoms with Gasteiger partial charge in [-0.15, -0.1) is 0 Å². The minimum Gasteiger partial charge on any atom is -0.478 e. The molecule has 7 heteroatoms. The van der Waals surface area contributed by atoms with Crippen LogP contribution in [0.2, 0.25) is 0 Å². The molecule has 23 heavy (non-hydrogen) atoms. The van der Waals surface area contributed by atoms with Gasteiger partial charge >= 0.3 is 5.97 Å². The van der Waals surface area contributed by atoms with E-state index in [0.29, 0.717) is 11.3 Å². The van der Waals surface area contributed by atoms with Crippen LogP contribution in [0.15, 0.2) is 54.6 Å². The summed E-state index contributed by atoms with van der Waals surface area (Å²) in [4.78, 5) is 32.7. The van der Waals surface area contributed by atoms with Gasteiger partial charge in [-0.05, 0) is 35.9 Å². The van der Waals surface area contributed by atoms with E-state index in [0.717, 1.165) is 0 Å². The molecule has 0 unspecified atom stereocenters. The number of nitro benzene ring substituents is 1. The highest BCUT2D eigenvalue weighted by atomic mass is 16.6. The van der Waals surface area contributed by atoms with E-state index in [9.17, 15) is 19.7 Å². The number of aromatic carboxylic acids is 1. The van der Waals surface area contributed by atoms with Crippen LogP contribution in [0, 0.1) is 10.1 Å². The Labute approximate surface area is 131 Å². The second-order valence-electron chi connectivity index (χ2n) is 4.56. The quantitative estimate of drug-likeness (QED) is 0.501. The van der Waals surface area contributed by atoms with Gasteiger partial charge in [0.25, 0.3) is 5.69 Å². The maximum atomic E-state index is 11.8. The van der Waals surface area contributed by atoms with Crippen LogP contribution in [-0.4, -0.2) is 21.9 Å². The number of non-ortho nitro benzene ring substituents is 1. The van der Waals surface area contributed by atoms with Gasteiger partial charge in [0.05, 0.1) is 10.5 Å². The summed E-state index contributed by atoms with van der Waals surface area (Å²) in [5, 5.41) is 22.0. The van der Waals surface area contributed by atoms with E-state index in [1.165, 1.54) is 54.6 Å². The maximum absolute atomic E-state index is 11.8. The Hall–Kier alpha value is -3.48. The van der Waals surface area contributed by atoms with Gasteiger partial charge in [-0.25, -0.2) is 4.79 Å². The van der Waals surface area contributed by atoms with Crippen LogP contribution in [0.5, 0.6) is 0 Å². The lowest BCUT2D eigenvalue weighted by Gasteiger charge is -2.02. The Balaban J connectivity index is 2.02. The molecule has 0 aliphatic carbocycles. The maximum Gasteiger partial charge on any atom is 0.335 e. The predicted octanol–water partition coefficient (Wildman–Crippen LogP) is 2.94. The highest BCUT2D eigenvalue weighted by Gasteiger charge is 2.05. The monoisotopic (exact) mass is 312 g/mol. The Bertz CT molecular complexity index is 781. The van der Waals surface area contributed by atoms with Gasteiger partial charge in [0.2, 0.25) is 5.91 Å². The fourth-order valence-corrected chi connectivity index (χ4v) is 1.79. The molecule has 0 fully saturated rings. The lowest BCUT2D eigenvalue weighted by atomic mass is 10.2. The summed E-state index contributed by atoms with van der Waals surface area (Å²) in [6, 6.07) is 11.6. The van der Waals surface area contributed by atoms with Crippen molar-refractivity contribution in [1.29, 1.82) is 0 Å². The molecule has 0 saturated heterocycles. The highest BCUT2D eigenvalue weighted by molar-refractivity contribution is 6.02. The summed E-state index contributed by atoms with van der Waals surface area (Å²) in [6.45, 7) is 0. The van der Waals surface area contributed by atoms with E-state index in [1.807, 2.05) is 0 Å². The molecule has 0 aliphatic rings. The second-order valence-corrected chi connectivity index (χ2v) is 4.56. The molecule has 0 heterocycles. The average molecular weight is 312 g/mol. The van der Waals surface area contributed by atoms with Crippen molar-refractivity contribution in [3.8, 4) is 0 Å². The predicted molar refractivity (Wildman–Crippen MR) is 84.2 cm³/mol. The summed E-state index contributed by atoms with van der Waals surface area (Å²) in [5.41, 5.74) is 1.03. The standard InChI is InChI=1S/C16H12N2O5/c19-15(17-13-7-5-12(6-8-13)16(20)21)9-4-11-2-1-3-14(10-11)18(22)23/h1-10H,(H,17,19)(H,20,21)/b9-4+. The first-order valence-corrected chi connectivity index (χ1v) is 6.52. The van der Waals surface area contributed by atoms with Crippen molar-refractivity contribution in [3.63, 3.8) is 0 Å². The van der Waals surface area contributed by atoms with Gasteiger partial charge in [0.1, 0.15) is 0 Å². The largest absolute Gasteiger partial charge is 0.478 e. The van der Waals surface area contributed by atoms with Gasteiger partial charge in [-0.3, -0.25) is 14.9 Å². The van der Waals surface area contributed by atoms with Gasteiger partial charge in [0.15, 0.2) is 0 Å². The molecule has 0 bridgehead atoms. The molecule has 0 saturated carbocycles. The number of hydrogen-bond donors (Lipinski definition) is 2. The summed E-state index contributed by atoms with van der Waals surface area (Å²) in [5.74, 6) is -1.48. The third kappa shape index (κ3) is 4.50. The normalized spacial score (nSPS) is 10.4. The Morgan fingerprint density at radius 3 is 2.43 bits per heavy atom. The number of anilines is 1. The fraction of sp³-hybridized carbons (Fsp3) is 0. The van der Waals surface area contributed by atoms with Crippen molar-refractivity contribution in [2.45, 2.75) is 0 Å².